The van der Waals surface area contributed by atoms with Gasteiger partial charge in [0.2, 0.25) is 6.29 Å². The van der Waals surface area contributed by atoms with Gasteiger partial charge in [0, 0.05) is 23.4 Å². The number of nitrogens with one attached hydrogen (secondary N) is 1. The van der Waals surface area contributed by atoms with Crippen LogP contribution in [0.2, 0.25) is 5.02 Å². The van der Waals surface area contributed by atoms with Gasteiger partial charge >= 0.3 is 0 Å². The SMILES string of the molecule is O=C(NC1CCC1)C1=C[C@@H](c2ccc(Cl)cc2)C[C@@H](OCc2ccc(CO)cc2)O1. The molecule has 0 unspecified atom stereocenters. The Kier molecular flexibility index (Phi) is 6.72. The minimum atomic E-state index is -0.532. The summed E-state index contributed by atoms with van der Waals surface area (Å²) in [6.07, 6.45) is 5.14. The van der Waals surface area contributed by atoms with E-state index in [0.29, 0.717) is 23.8 Å². The van der Waals surface area contributed by atoms with Crippen molar-refractivity contribution < 1.29 is 19.4 Å². The molecule has 1 saturated carbocycles. The smallest absolute Gasteiger partial charge is 0.286 e. The van der Waals surface area contributed by atoms with Gasteiger partial charge in [-0.15, -0.1) is 0 Å². The molecule has 2 atom stereocenters. The van der Waals surface area contributed by atoms with Crippen LogP contribution >= 0.6 is 11.6 Å². The summed E-state index contributed by atoms with van der Waals surface area (Å²) in [4.78, 5) is 12.7. The lowest BCUT2D eigenvalue weighted by Gasteiger charge is -2.31. The highest BCUT2D eigenvalue weighted by Crippen LogP contribution is 2.33. The molecule has 6 heteroatoms. The third kappa shape index (κ3) is 5.22. The van der Waals surface area contributed by atoms with Gasteiger partial charge in [-0.25, -0.2) is 0 Å². The van der Waals surface area contributed by atoms with Gasteiger partial charge in [0.1, 0.15) is 0 Å². The lowest BCUT2D eigenvalue weighted by Crippen LogP contribution is -2.42. The summed E-state index contributed by atoms with van der Waals surface area (Å²) in [6, 6.07) is 15.5. The van der Waals surface area contributed by atoms with E-state index in [1.165, 1.54) is 0 Å². The fourth-order valence-electron chi connectivity index (χ4n) is 3.60. The molecule has 2 aromatic carbocycles. The highest BCUT2D eigenvalue weighted by atomic mass is 35.5. The molecule has 2 aliphatic rings. The molecule has 1 aliphatic heterocycles. The van der Waals surface area contributed by atoms with Gasteiger partial charge < -0.3 is 19.9 Å². The number of carbonyl (C=O) groups is 1. The van der Waals surface area contributed by atoms with Crippen LogP contribution in [-0.2, 0) is 27.5 Å². The third-order valence-electron chi connectivity index (χ3n) is 5.66. The molecule has 1 amide bonds. The number of hydrogen-bond acceptors (Lipinski definition) is 4. The number of aliphatic hydroxyl groups is 1. The molecule has 2 N–H and O–H groups in total. The number of allylic oxidation sites excluding steroid dienone is 1. The molecular formula is C24H26ClNO4. The van der Waals surface area contributed by atoms with Crippen LogP contribution in [0.4, 0.5) is 0 Å². The first-order valence-corrected chi connectivity index (χ1v) is 10.7. The molecule has 0 radical (unpaired) electrons. The van der Waals surface area contributed by atoms with E-state index in [-0.39, 0.29) is 24.5 Å². The van der Waals surface area contributed by atoms with Crippen molar-refractivity contribution in [3.63, 3.8) is 0 Å². The topological polar surface area (TPSA) is 67.8 Å². The first-order valence-electron chi connectivity index (χ1n) is 10.4. The Bertz CT molecular complexity index is 890. The second-order valence-corrected chi connectivity index (χ2v) is 8.30. The van der Waals surface area contributed by atoms with E-state index >= 15 is 0 Å². The minimum absolute atomic E-state index is 0.0000721. The maximum absolute atomic E-state index is 12.7. The van der Waals surface area contributed by atoms with Crippen LogP contribution in [0.5, 0.6) is 0 Å². The summed E-state index contributed by atoms with van der Waals surface area (Å²) in [5, 5.41) is 12.9. The summed E-state index contributed by atoms with van der Waals surface area (Å²) in [6.45, 7) is 0.376. The Balaban J connectivity index is 1.46. The van der Waals surface area contributed by atoms with E-state index < -0.39 is 6.29 Å². The van der Waals surface area contributed by atoms with Crippen molar-refractivity contribution in [2.45, 2.75) is 57.1 Å². The second kappa shape index (κ2) is 9.65. The Morgan fingerprint density at radius 3 is 2.43 bits per heavy atom. The van der Waals surface area contributed by atoms with Crippen molar-refractivity contribution in [1.29, 1.82) is 0 Å². The van der Waals surface area contributed by atoms with Crippen LogP contribution in [0.15, 0.2) is 60.4 Å². The van der Waals surface area contributed by atoms with Gasteiger partial charge in [-0.05, 0) is 54.2 Å². The summed E-state index contributed by atoms with van der Waals surface area (Å²) in [5.74, 6) is 0.132. The number of carbonyl (C=O) groups excluding carboxylic acids is 1. The molecule has 4 rings (SSSR count). The van der Waals surface area contributed by atoms with E-state index in [2.05, 4.69) is 5.32 Å². The van der Waals surface area contributed by atoms with E-state index in [0.717, 1.165) is 36.0 Å². The van der Waals surface area contributed by atoms with Crippen molar-refractivity contribution in [2.75, 3.05) is 0 Å². The zero-order valence-corrected chi connectivity index (χ0v) is 17.5. The quantitative estimate of drug-likeness (QED) is 0.685. The predicted molar refractivity (Wildman–Crippen MR) is 115 cm³/mol. The van der Waals surface area contributed by atoms with Crippen LogP contribution in [-0.4, -0.2) is 23.3 Å². The molecule has 0 saturated heterocycles. The highest BCUT2D eigenvalue weighted by molar-refractivity contribution is 6.30. The van der Waals surface area contributed by atoms with Crippen molar-refractivity contribution in [3.8, 4) is 0 Å². The Labute approximate surface area is 181 Å². The molecule has 0 bridgehead atoms. The third-order valence-corrected chi connectivity index (χ3v) is 5.91. The van der Waals surface area contributed by atoms with Crippen molar-refractivity contribution in [2.24, 2.45) is 0 Å². The number of benzene rings is 2. The van der Waals surface area contributed by atoms with Gasteiger partial charge in [0.05, 0.1) is 13.2 Å². The van der Waals surface area contributed by atoms with Crippen LogP contribution in [0.3, 0.4) is 0 Å². The maximum Gasteiger partial charge on any atom is 0.286 e. The normalized spacial score (nSPS) is 21.3. The van der Waals surface area contributed by atoms with Gasteiger partial charge in [0.15, 0.2) is 5.76 Å². The number of rotatable bonds is 7. The fraction of sp³-hybridized carbons (Fsp3) is 0.375. The first kappa shape index (κ1) is 20.9. The molecule has 158 valence electrons. The van der Waals surface area contributed by atoms with Gasteiger partial charge in [-0.1, -0.05) is 48.0 Å². The highest BCUT2D eigenvalue weighted by Gasteiger charge is 2.30. The molecule has 2 aromatic rings. The minimum Gasteiger partial charge on any atom is -0.459 e. The van der Waals surface area contributed by atoms with E-state index in [9.17, 15) is 9.90 Å². The summed E-state index contributed by atoms with van der Waals surface area (Å²) < 4.78 is 11.9. The van der Waals surface area contributed by atoms with Gasteiger partial charge in [-0.2, -0.15) is 0 Å². The molecule has 0 spiro atoms. The largest absolute Gasteiger partial charge is 0.459 e. The monoisotopic (exact) mass is 427 g/mol. The molecule has 5 nitrogen and oxygen atoms in total. The van der Waals surface area contributed by atoms with Crippen molar-refractivity contribution in [3.05, 3.63) is 82.1 Å². The number of halogens is 1. The molecule has 1 fully saturated rings. The second-order valence-electron chi connectivity index (χ2n) is 7.86. The van der Waals surface area contributed by atoms with Gasteiger partial charge in [0.25, 0.3) is 5.91 Å². The number of aliphatic hydroxyl groups excluding tert-OH is 1. The molecular weight excluding hydrogens is 402 g/mol. The lowest BCUT2D eigenvalue weighted by atomic mass is 9.91. The van der Waals surface area contributed by atoms with Crippen LogP contribution in [0.1, 0.15) is 48.3 Å². The zero-order chi connectivity index (χ0) is 20.9. The van der Waals surface area contributed by atoms with E-state index in [4.69, 9.17) is 21.1 Å². The Hall–Kier alpha value is -2.34. The summed E-state index contributed by atoms with van der Waals surface area (Å²) >= 11 is 6.03. The summed E-state index contributed by atoms with van der Waals surface area (Å²) in [7, 11) is 0. The molecule has 0 aromatic heterocycles. The fourth-order valence-corrected chi connectivity index (χ4v) is 3.73. The van der Waals surface area contributed by atoms with Gasteiger partial charge in [-0.3, -0.25) is 4.79 Å². The zero-order valence-electron chi connectivity index (χ0n) is 16.7. The van der Waals surface area contributed by atoms with E-state index in [1.54, 1.807) is 0 Å². The van der Waals surface area contributed by atoms with Crippen molar-refractivity contribution >= 4 is 17.5 Å². The lowest BCUT2D eigenvalue weighted by molar-refractivity contribution is -0.150. The van der Waals surface area contributed by atoms with Crippen molar-refractivity contribution in [1.82, 2.24) is 5.32 Å². The van der Waals surface area contributed by atoms with E-state index in [1.807, 2.05) is 54.6 Å². The molecule has 30 heavy (non-hydrogen) atoms. The average molecular weight is 428 g/mol. The van der Waals surface area contributed by atoms with Crippen LogP contribution < -0.4 is 5.32 Å². The standard InChI is InChI=1S/C24H26ClNO4/c25-20-10-8-18(9-11-20)19-12-22(24(28)26-21-2-1-3-21)30-23(13-19)29-15-17-6-4-16(14-27)5-7-17/h4-12,19,21,23,27H,1-3,13-15H2,(H,26,28)/t19-,23+/m1/s1. The molecule has 1 heterocycles. The first-order chi connectivity index (χ1) is 14.6. The van der Waals surface area contributed by atoms with Crippen LogP contribution in [0, 0.1) is 0 Å². The average Bonchev–Trinajstić information content (AvgIpc) is 2.75. The number of amides is 1. The summed E-state index contributed by atoms with van der Waals surface area (Å²) in [5.41, 5.74) is 2.90. The Morgan fingerprint density at radius 1 is 1.10 bits per heavy atom. The maximum atomic E-state index is 12.7. The molecule has 1 aliphatic carbocycles. The number of ether oxygens (including phenoxy) is 2. The predicted octanol–water partition coefficient (Wildman–Crippen LogP) is 4.43. The van der Waals surface area contributed by atoms with Crippen LogP contribution in [0.25, 0.3) is 0 Å². The Morgan fingerprint density at radius 2 is 1.80 bits per heavy atom. The number of hydrogen-bond donors (Lipinski definition) is 2.